The second-order valence-electron chi connectivity index (χ2n) is 7.04. The van der Waals surface area contributed by atoms with Crippen LogP contribution in [0.15, 0.2) is 53.3 Å². The molecule has 1 aliphatic rings. The van der Waals surface area contributed by atoms with E-state index in [2.05, 4.69) is 39.7 Å². The van der Waals surface area contributed by atoms with Crippen LogP contribution < -0.4 is 5.32 Å². The van der Waals surface area contributed by atoms with Gasteiger partial charge in [-0.3, -0.25) is 4.98 Å². The molecular formula is C21H24N4O2S. The van der Waals surface area contributed by atoms with Crippen LogP contribution in [-0.4, -0.2) is 37.8 Å². The second-order valence-corrected chi connectivity index (χ2v) is 7.42. The Morgan fingerprint density at radius 3 is 2.79 bits per heavy atom. The maximum Gasteiger partial charge on any atom is 0.170 e. The van der Waals surface area contributed by atoms with Gasteiger partial charge < -0.3 is 24.3 Å². The van der Waals surface area contributed by atoms with Crippen molar-refractivity contribution < 1.29 is 9.52 Å². The van der Waals surface area contributed by atoms with E-state index in [4.69, 9.17) is 16.6 Å². The Morgan fingerprint density at radius 2 is 2.11 bits per heavy atom. The molecule has 2 atom stereocenters. The largest absolute Gasteiger partial charge is 0.467 e. The number of rotatable bonds is 6. The van der Waals surface area contributed by atoms with Gasteiger partial charge in [0.2, 0.25) is 0 Å². The first-order valence-electron chi connectivity index (χ1n) is 9.38. The Kier molecular flexibility index (Phi) is 5.19. The standard InChI is InChI=1S/C21H24N4O2S/c1-14-12-17(15(2)25(14)13-16-6-5-11-27-16)20-19(18-7-3-4-8-22-18)23-21(28)24(20)9-10-26/h3-8,11-12,19-20,26H,9-10,13H2,1-2H3,(H,23,28)/t19-,20+/m1/s1. The molecule has 3 aromatic heterocycles. The summed E-state index contributed by atoms with van der Waals surface area (Å²) in [5, 5.41) is 13.7. The van der Waals surface area contributed by atoms with E-state index in [0.717, 1.165) is 22.8 Å². The van der Waals surface area contributed by atoms with Crippen molar-refractivity contribution in [3.8, 4) is 0 Å². The maximum atomic E-state index is 9.60. The van der Waals surface area contributed by atoms with Gasteiger partial charge in [-0.05, 0) is 62.0 Å². The van der Waals surface area contributed by atoms with Crippen molar-refractivity contribution in [2.24, 2.45) is 0 Å². The molecule has 1 aliphatic heterocycles. The lowest BCUT2D eigenvalue weighted by Crippen LogP contribution is -2.32. The number of nitrogens with one attached hydrogen (secondary N) is 1. The molecule has 1 saturated heterocycles. The first-order valence-corrected chi connectivity index (χ1v) is 9.79. The minimum Gasteiger partial charge on any atom is -0.467 e. The summed E-state index contributed by atoms with van der Waals surface area (Å²) in [5.74, 6) is 0.918. The van der Waals surface area contributed by atoms with Gasteiger partial charge >= 0.3 is 0 Å². The molecule has 4 heterocycles. The Hall–Kier alpha value is -2.64. The van der Waals surface area contributed by atoms with Gasteiger partial charge in [-0.2, -0.15) is 0 Å². The van der Waals surface area contributed by atoms with Gasteiger partial charge in [0.1, 0.15) is 5.76 Å². The van der Waals surface area contributed by atoms with Crippen molar-refractivity contribution >= 4 is 17.3 Å². The van der Waals surface area contributed by atoms with Crippen LogP contribution in [0.4, 0.5) is 0 Å². The molecule has 0 bridgehead atoms. The molecular weight excluding hydrogens is 372 g/mol. The fraction of sp³-hybridized carbons (Fsp3) is 0.333. The summed E-state index contributed by atoms with van der Waals surface area (Å²) in [5.41, 5.74) is 4.44. The van der Waals surface area contributed by atoms with Gasteiger partial charge in [-0.15, -0.1) is 0 Å². The number of pyridine rings is 1. The topological polar surface area (TPSA) is 66.5 Å². The Balaban J connectivity index is 1.76. The van der Waals surface area contributed by atoms with E-state index in [1.807, 2.05) is 30.3 Å². The summed E-state index contributed by atoms with van der Waals surface area (Å²) in [7, 11) is 0. The first-order chi connectivity index (χ1) is 13.6. The van der Waals surface area contributed by atoms with Crippen LogP contribution in [0.25, 0.3) is 0 Å². The van der Waals surface area contributed by atoms with Crippen molar-refractivity contribution in [2.45, 2.75) is 32.5 Å². The Bertz CT molecular complexity index is 952. The molecule has 3 aromatic rings. The van der Waals surface area contributed by atoms with E-state index in [1.165, 1.54) is 5.56 Å². The van der Waals surface area contributed by atoms with Crippen LogP contribution in [0.3, 0.4) is 0 Å². The van der Waals surface area contributed by atoms with Crippen LogP contribution in [0, 0.1) is 13.8 Å². The molecule has 28 heavy (non-hydrogen) atoms. The third-order valence-electron chi connectivity index (χ3n) is 5.36. The zero-order chi connectivity index (χ0) is 19.7. The Morgan fingerprint density at radius 1 is 1.25 bits per heavy atom. The highest BCUT2D eigenvalue weighted by Gasteiger charge is 2.41. The number of hydrogen-bond acceptors (Lipinski definition) is 4. The van der Waals surface area contributed by atoms with Crippen molar-refractivity contribution in [3.63, 3.8) is 0 Å². The third kappa shape index (κ3) is 3.31. The number of aromatic nitrogens is 2. The normalized spacial score (nSPS) is 19.2. The average Bonchev–Trinajstić information content (AvgIpc) is 3.39. The molecule has 0 amide bonds. The molecule has 4 rings (SSSR count). The van der Waals surface area contributed by atoms with E-state index in [9.17, 15) is 5.11 Å². The van der Waals surface area contributed by atoms with Crippen LogP contribution >= 0.6 is 12.2 Å². The number of hydrogen-bond donors (Lipinski definition) is 2. The van der Waals surface area contributed by atoms with Crippen molar-refractivity contribution in [2.75, 3.05) is 13.2 Å². The predicted molar refractivity (Wildman–Crippen MR) is 111 cm³/mol. The minimum absolute atomic E-state index is 0.0360. The van der Waals surface area contributed by atoms with Gasteiger partial charge in [0, 0.05) is 24.1 Å². The fourth-order valence-corrected chi connectivity index (χ4v) is 4.35. The number of aryl methyl sites for hydroxylation is 1. The number of aliphatic hydroxyl groups excluding tert-OH is 1. The number of β-amino-alcohol motifs (C(OH)–C–C–N with tert-alkyl or cyclic N) is 1. The molecule has 6 nitrogen and oxygen atoms in total. The predicted octanol–water partition coefficient (Wildman–Crippen LogP) is 3.11. The fourth-order valence-electron chi connectivity index (χ4n) is 4.02. The minimum atomic E-state index is -0.0715. The monoisotopic (exact) mass is 396 g/mol. The van der Waals surface area contributed by atoms with Crippen molar-refractivity contribution in [1.29, 1.82) is 0 Å². The van der Waals surface area contributed by atoms with E-state index in [1.54, 1.807) is 12.5 Å². The molecule has 7 heteroatoms. The molecule has 0 radical (unpaired) electrons. The van der Waals surface area contributed by atoms with E-state index < -0.39 is 0 Å². The van der Waals surface area contributed by atoms with E-state index >= 15 is 0 Å². The van der Waals surface area contributed by atoms with Crippen LogP contribution in [0.5, 0.6) is 0 Å². The van der Waals surface area contributed by atoms with Gasteiger partial charge in [0.15, 0.2) is 5.11 Å². The smallest absolute Gasteiger partial charge is 0.170 e. The molecule has 2 N–H and O–H groups in total. The molecule has 0 aliphatic carbocycles. The molecule has 0 aromatic carbocycles. The van der Waals surface area contributed by atoms with Gasteiger partial charge in [0.05, 0.1) is 37.2 Å². The van der Waals surface area contributed by atoms with E-state index in [-0.39, 0.29) is 18.7 Å². The van der Waals surface area contributed by atoms with E-state index in [0.29, 0.717) is 18.2 Å². The lowest BCUT2D eigenvalue weighted by atomic mass is 9.97. The van der Waals surface area contributed by atoms with Crippen molar-refractivity contribution in [1.82, 2.24) is 19.8 Å². The first kappa shape index (κ1) is 18.7. The highest BCUT2D eigenvalue weighted by molar-refractivity contribution is 7.80. The van der Waals surface area contributed by atoms with Crippen LogP contribution in [0.2, 0.25) is 0 Å². The van der Waals surface area contributed by atoms with Crippen LogP contribution in [0.1, 0.15) is 40.5 Å². The number of furan rings is 1. The third-order valence-corrected chi connectivity index (χ3v) is 5.72. The molecule has 146 valence electrons. The molecule has 0 saturated carbocycles. The summed E-state index contributed by atoms with van der Waals surface area (Å²) in [4.78, 5) is 6.62. The molecule has 0 spiro atoms. The summed E-state index contributed by atoms with van der Waals surface area (Å²) in [6.07, 6.45) is 3.50. The summed E-state index contributed by atoms with van der Waals surface area (Å²) >= 11 is 5.59. The molecule has 0 unspecified atom stereocenters. The second kappa shape index (κ2) is 7.77. The Labute approximate surface area is 169 Å². The van der Waals surface area contributed by atoms with Gasteiger partial charge in [-0.1, -0.05) is 6.07 Å². The maximum absolute atomic E-state index is 9.60. The van der Waals surface area contributed by atoms with Crippen LogP contribution in [-0.2, 0) is 6.54 Å². The summed E-state index contributed by atoms with van der Waals surface area (Å²) in [6.45, 7) is 5.43. The lowest BCUT2D eigenvalue weighted by molar-refractivity contribution is 0.222. The quantitative estimate of drug-likeness (QED) is 0.624. The lowest BCUT2D eigenvalue weighted by Gasteiger charge is -2.27. The SMILES string of the molecule is Cc1cc([C@H]2[C@@H](c3ccccn3)NC(=S)N2CCO)c(C)n1Cc1ccco1. The number of aliphatic hydroxyl groups is 1. The summed E-state index contributed by atoms with van der Waals surface area (Å²) < 4.78 is 7.79. The number of thiocarbonyl (C=S) groups is 1. The zero-order valence-corrected chi connectivity index (χ0v) is 16.8. The summed E-state index contributed by atoms with van der Waals surface area (Å²) in [6, 6.07) is 11.9. The van der Waals surface area contributed by atoms with Gasteiger partial charge in [0.25, 0.3) is 0 Å². The average molecular weight is 397 g/mol. The highest BCUT2D eigenvalue weighted by atomic mass is 32.1. The van der Waals surface area contributed by atoms with Gasteiger partial charge in [-0.25, -0.2) is 0 Å². The zero-order valence-electron chi connectivity index (χ0n) is 16.0. The molecule has 1 fully saturated rings. The number of nitrogens with zero attached hydrogens (tertiary/aromatic N) is 3. The van der Waals surface area contributed by atoms with Crippen molar-refractivity contribution in [3.05, 3.63) is 77.3 Å². The highest BCUT2D eigenvalue weighted by Crippen LogP contribution is 2.40.